The monoisotopic (exact) mass is 510 g/mol. The SMILES string of the molecule is CCOc1cc(CNn2c(-c3ccccc3OC)n[nH]c2=S)cc(Cl)c1OCc1ccc(C)cc1. The molecule has 35 heavy (non-hydrogen) atoms. The number of benzene rings is 3. The molecule has 7 nitrogen and oxygen atoms in total. The highest BCUT2D eigenvalue weighted by Gasteiger charge is 2.16. The van der Waals surface area contributed by atoms with Gasteiger partial charge in [0.25, 0.3) is 0 Å². The predicted octanol–water partition coefficient (Wildman–Crippen LogP) is 6.30. The maximum atomic E-state index is 6.63. The Balaban J connectivity index is 1.55. The van der Waals surface area contributed by atoms with Gasteiger partial charge in [-0.15, -0.1) is 0 Å². The Bertz CT molecular complexity index is 1350. The average Bonchev–Trinajstić information content (AvgIpc) is 3.23. The number of halogens is 1. The normalized spacial score (nSPS) is 10.7. The molecular formula is C26H27ClN4O3S. The molecule has 0 amide bonds. The molecule has 4 rings (SSSR count). The maximum Gasteiger partial charge on any atom is 0.214 e. The van der Waals surface area contributed by atoms with Crippen molar-refractivity contribution < 1.29 is 14.2 Å². The molecule has 4 aromatic rings. The smallest absolute Gasteiger partial charge is 0.214 e. The first-order valence-corrected chi connectivity index (χ1v) is 12.0. The summed E-state index contributed by atoms with van der Waals surface area (Å²) in [5.74, 6) is 2.42. The van der Waals surface area contributed by atoms with Gasteiger partial charge in [0, 0.05) is 0 Å². The van der Waals surface area contributed by atoms with E-state index in [-0.39, 0.29) is 0 Å². The van der Waals surface area contributed by atoms with E-state index in [1.807, 2.05) is 55.5 Å². The third-order valence-electron chi connectivity index (χ3n) is 5.33. The number of methoxy groups -OCH3 is 1. The van der Waals surface area contributed by atoms with Crippen molar-refractivity contribution in [3.63, 3.8) is 0 Å². The molecule has 0 atom stereocenters. The summed E-state index contributed by atoms with van der Waals surface area (Å²) in [6.45, 7) is 5.28. The van der Waals surface area contributed by atoms with Crippen molar-refractivity contribution in [2.75, 3.05) is 19.1 Å². The van der Waals surface area contributed by atoms with Gasteiger partial charge in [0.05, 0.1) is 30.8 Å². The number of hydrogen-bond acceptors (Lipinski definition) is 6. The van der Waals surface area contributed by atoms with Crippen LogP contribution in [-0.4, -0.2) is 28.6 Å². The van der Waals surface area contributed by atoms with Gasteiger partial charge in [0.15, 0.2) is 17.3 Å². The fraction of sp³-hybridized carbons (Fsp3) is 0.231. The molecule has 2 N–H and O–H groups in total. The Morgan fingerprint density at radius 2 is 1.80 bits per heavy atom. The van der Waals surface area contributed by atoms with Crippen molar-refractivity contribution in [3.8, 4) is 28.6 Å². The number of H-pyrrole nitrogens is 1. The topological polar surface area (TPSA) is 73.3 Å². The lowest BCUT2D eigenvalue weighted by molar-refractivity contribution is 0.269. The number of aromatic nitrogens is 3. The van der Waals surface area contributed by atoms with Crippen LogP contribution in [0.3, 0.4) is 0 Å². The van der Waals surface area contributed by atoms with Crippen LogP contribution in [0.4, 0.5) is 0 Å². The number of aromatic amines is 1. The summed E-state index contributed by atoms with van der Waals surface area (Å²) in [5.41, 5.74) is 7.27. The number of nitrogens with zero attached hydrogens (tertiary/aromatic N) is 2. The van der Waals surface area contributed by atoms with E-state index >= 15 is 0 Å². The summed E-state index contributed by atoms with van der Waals surface area (Å²) in [4.78, 5) is 0. The highest BCUT2D eigenvalue weighted by atomic mass is 35.5. The van der Waals surface area contributed by atoms with Crippen molar-refractivity contribution in [2.45, 2.75) is 27.0 Å². The minimum atomic E-state index is 0.393. The second-order valence-corrected chi connectivity index (χ2v) is 8.63. The van der Waals surface area contributed by atoms with E-state index in [9.17, 15) is 0 Å². The molecule has 0 fully saturated rings. The quantitative estimate of drug-likeness (QED) is 0.244. The summed E-state index contributed by atoms with van der Waals surface area (Å²) < 4.78 is 19.5. The number of aryl methyl sites for hydroxylation is 1. The third kappa shape index (κ3) is 5.78. The van der Waals surface area contributed by atoms with Gasteiger partial charge in [0.2, 0.25) is 4.77 Å². The largest absolute Gasteiger partial charge is 0.496 e. The minimum absolute atomic E-state index is 0.393. The minimum Gasteiger partial charge on any atom is -0.496 e. The summed E-state index contributed by atoms with van der Waals surface area (Å²) >= 11 is 12.1. The highest BCUT2D eigenvalue weighted by Crippen LogP contribution is 2.37. The zero-order chi connectivity index (χ0) is 24.8. The Hall–Kier alpha value is -3.49. The molecule has 0 aliphatic carbocycles. The molecule has 1 aromatic heterocycles. The van der Waals surface area contributed by atoms with E-state index in [1.165, 1.54) is 5.56 Å². The van der Waals surface area contributed by atoms with Crippen molar-refractivity contribution in [1.82, 2.24) is 14.9 Å². The molecule has 182 valence electrons. The number of nitrogens with one attached hydrogen (secondary N) is 2. The van der Waals surface area contributed by atoms with Gasteiger partial charge in [0.1, 0.15) is 12.4 Å². The van der Waals surface area contributed by atoms with Gasteiger partial charge in [-0.2, -0.15) is 5.10 Å². The maximum absolute atomic E-state index is 6.63. The number of rotatable bonds is 10. The molecule has 1 heterocycles. The third-order valence-corrected chi connectivity index (χ3v) is 5.89. The molecule has 0 spiro atoms. The van der Waals surface area contributed by atoms with E-state index in [0.717, 1.165) is 16.7 Å². The molecule has 0 radical (unpaired) electrons. The zero-order valence-corrected chi connectivity index (χ0v) is 21.4. The van der Waals surface area contributed by atoms with Crippen LogP contribution in [0.5, 0.6) is 17.2 Å². The fourth-order valence-electron chi connectivity index (χ4n) is 3.59. The Morgan fingerprint density at radius 1 is 1.03 bits per heavy atom. The van der Waals surface area contributed by atoms with Gasteiger partial charge in [-0.25, -0.2) is 9.77 Å². The molecule has 0 aliphatic heterocycles. The number of ether oxygens (including phenoxy) is 3. The van der Waals surface area contributed by atoms with Crippen LogP contribution in [0, 0.1) is 11.7 Å². The highest BCUT2D eigenvalue weighted by molar-refractivity contribution is 7.71. The van der Waals surface area contributed by atoms with E-state index in [1.54, 1.807) is 11.8 Å². The lowest BCUT2D eigenvalue weighted by Gasteiger charge is -2.17. The van der Waals surface area contributed by atoms with E-state index < -0.39 is 0 Å². The van der Waals surface area contributed by atoms with Crippen molar-refractivity contribution in [3.05, 3.63) is 87.1 Å². The summed E-state index contributed by atoms with van der Waals surface area (Å²) in [7, 11) is 1.62. The van der Waals surface area contributed by atoms with Crippen LogP contribution >= 0.6 is 23.8 Å². The summed E-state index contributed by atoms with van der Waals surface area (Å²) in [6, 6.07) is 19.6. The van der Waals surface area contributed by atoms with E-state index in [4.69, 9.17) is 38.0 Å². The number of hydrogen-bond donors (Lipinski definition) is 2. The first kappa shape index (κ1) is 24.6. The number of para-hydroxylation sites is 1. The van der Waals surface area contributed by atoms with Gasteiger partial charge < -0.3 is 19.6 Å². The van der Waals surface area contributed by atoms with Crippen LogP contribution in [-0.2, 0) is 13.2 Å². The van der Waals surface area contributed by atoms with Crippen molar-refractivity contribution in [1.29, 1.82) is 0 Å². The summed E-state index contributed by atoms with van der Waals surface area (Å²) in [5, 5.41) is 7.69. The molecule has 0 bridgehead atoms. The van der Waals surface area contributed by atoms with Gasteiger partial charge >= 0.3 is 0 Å². The van der Waals surface area contributed by atoms with Crippen molar-refractivity contribution >= 4 is 23.8 Å². The second-order valence-electron chi connectivity index (χ2n) is 7.84. The van der Waals surface area contributed by atoms with Crippen LogP contribution in [0.25, 0.3) is 11.4 Å². The van der Waals surface area contributed by atoms with Crippen LogP contribution in [0.1, 0.15) is 23.6 Å². The van der Waals surface area contributed by atoms with Gasteiger partial charge in [-0.05, 0) is 61.5 Å². The molecule has 0 aliphatic rings. The van der Waals surface area contributed by atoms with Crippen LogP contribution < -0.4 is 19.6 Å². The van der Waals surface area contributed by atoms with Gasteiger partial charge in [-0.1, -0.05) is 53.6 Å². The van der Waals surface area contributed by atoms with Gasteiger partial charge in [-0.3, -0.25) is 0 Å². The molecule has 0 unspecified atom stereocenters. The molecule has 3 aromatic carbocycles. The fourth-order valence-corrected chi connectivity index (χ4v) is 4.07. The second kappa shape index (κ2) is 11.3. The first-order chi connectivity index (χ1) is 17.0. The zero-order valence-electron chi connectivity index (χ0n) is 19.8. The molecule has 0 saturated heterocycles. The molecule has 0 saturated carbocycles. The average molecular weight is 511 g/mol. The van der Waals surface area contributed by atoms with Crippen LogP contribution in [0.15, 0.2) is 60.7 Å². The van der Waals surface area contributed by atoms with E-state index in [0.29, 0.717) is 52.6 Å². The first-order valence-electron chi connectivity index (χ1n) is 11.2. The predicted molar refractivity (Wildman–Crippen MR) is 141 cm³/mol. The Morgan fingerprint density at radius 3 is 2.54 bits per heavy atom. The van der Waals surface area contributed by atoms with Crippen LogP contribution in [0.2, 0.25) is 5.02 Å². The molecular weight excluding hydrogens is 484 g/mol. The summed E-state index contributed by atoms with van der Waals surface area (Å²) in [6.07, 6.45) is 0. The molecule has 9 heteroatoms. The lowest BCUT2D eigenvalue weighted by Crippen LogP contribution is -2.16. The van der Waals surface area contributed by atoms with Crippen molar-refractivity contribution in [2.24, 2.45) is 0 Å². The Labute approximate surface area is 214 Å². The standard InChI is InChI=1S/C26H27ClN4O3S/c1-4-33-23-14-19(13-21(27)24(23)34-16-18-11-9-17(2)10-12-18)15-28-31-25(29-30-26(31)35)20-7-5-6-8-22(20)32-3/h5-14,28H,4,15-16H2,1-3H3,(H,30,35). The van der Waals surface area contributed by atoms with E-state index in [2.05, 4.69) is 34.7 Å². The Kier molecular flexibility index (Phi) is 7.94. The lowest BCUT2D eigenvalue weighted by atomic mass is 10.1.